The summed E-state index contributed by atoms with van der Waals surface area (Å²) in [4.78, 5) is 28.4. The molecule has 394 valence electrons. The summed E-state index contributed by atoms with van der Waals surface area (Å²) in [6.45, 7) is 12.0. The summed E-state index contributed by atoms with van der Waals surface area (Å²) >= 11 is 0. The normalized spacial score (nSPS) is 22.5. The molecule has 4 fully saturated rings. The van der Waals surface area contributed by atoms with Crippen molar-refractivity contribution in [3.8, 4) is 0 Å². The van der Waals surface area contributed by atoms with Crippen molar-refractivity contribution in [2.45, 2.75) is 164 Å². The van der Waals surface area contributed by atoms with E-state index >= 15 is 0 Å². The van der Waals surface area contributed by atoms with Crippen molar-refractivity contribution in [3.63, 3.8) is 0 Å². The number of nitrogens with two attached hydrogens (primary N) is 1. The van der Waals surface area contributed by atoms with E-state index in [-0.39, 0.29) is 73.6 Å². The number of ether oxygens (including phenoxy) is 2. The second kappa shape index (κ2) is 24.8. The highest BCUT2D eigenvalue weighted by atomic mass is 32.2. The van der Waals surface area contributed by atoms with Gasteiger partial charge in [0, 0.05) is 74.5 Å². The highest BCUT2D eigenvalue weighted by Crippen LogP contribution is 2.43. The Bertz CT molecular complexity index is 2440. The number of fused-ring (bicyclic) bond motifs is 2. The number of hydrogen-bond donors (Lipinski definition) is 4. The maximum absolute atomic E-state index is 13.6. The van der Waals surface area contributed by atoms with Gasteiger partial charge in [0.05, 0.1) is 36.3 Å². The fourth-order valence-corrected chi connectivity index (χ4v) is 12.4. The number of piperidine rings is 1. The van der Waals surface area contributed by atoms with Crippen LogP contribution in [0.4, 0.5) is 19.3 Å². The maximum Gasteiger partial charge on any atom is 0.407 e. The molecule has 15 nitrogen and oxygen atoms in total. The Hall–Kier alpha value is -5.01. The number of alkyl halides is 2. The Labute approximate surface area is 424 Å². The molecular weight excluding hydrogens is 943 g/mol. The zero-order chi connectivity index (χ0) is 51.6. The number of carbonyl (C=O) groups excluding carboxylic acids is 2. The van der Waals surface area contributed by atoms with Crippen LogP contribution in [-0.4, -0.2) is 119 Å². The van der Waals surface area contributed by atoms with E-state index in [1.165, 1.54) is 41.4 Å². The molecule has 3 saturated heterocycles. The Balaban J connectivity index is 0.000000212. The molecule has 0 radical (unpaired) electrons. The third kappa shape index (κ3) is 14.6. The molecule has 1 unspecified atom stereocenters. The molecule has 4 heterocycles. The molecule has 72 heavy (non-hydrogen) atoms. The molecule has 4 aromatic rings. The first-order valence-electron chi connectivity index (χ1n) is 25.9. The topological polar surface area (TPSA) is 194 Å². The van der Waals surface area contributed by atoms with Crippen molar-refractivity contribution in [2.24, 2.45) is 11.8 Å². The summed E-state index contributed by atoms with van der Waals surface area (Å²) in [5.74, 6) is -0.560. The van der Waals surface area contributed by atoms with Crippen LogP contribution in [0.5, 0.6) is 0 Å². The predicted molar refractivity (Wildman–Crippen MR) is 273 cm³/mol. The minimum Gasteiger partial charge on any atom is -0.444 e. The number of sulfonamides is 1. The number of aryl methyl sites for hydroxylation is 1. The summed E-state index contributed by atoms with van der Waals surface area (Å²) in [5, 5.41) is 26.0. The number of amides is 2. The molecule has 18 heteroatoms. The molecule has 3 aliphatic heterocycles. The van der Waals surface area contributed by atoms with Crippen molar-refractivity contribution < 1.29 is 41.4 Å². The van der Waals surface area contributed by atoms with Crippen LogP contribution in [0.2, 0.25) is 0 Å². The van der Waals surface area contributed by atoms with E-state index in [1.807, 2.05) is 62.4 Å². The summed E-state index contributed by atoms with van der Waals surface area (Å²) < 4.78 is 68.4. The standard InChI is InChI=1S/C29H41F2N5O.C25H35N3O6S/c1-19(2)27-34-33-20(3)36(27)25-17-23-9-10-24(18-25)35(23)16-13-26(21-7-5-4-6-8-21)32-28(37)22-11-14-29(30,31)15-12-22;1-18(2)15-28(35(31,32)22-10-8-20(26)9-11-22)16-24(29)23(14-19-6-4-3-5-7-19)27-25(30)34-21-12-13-33-17-21/h4-8,19,22-26H,9-18H2,1-3H3,(H,32,37);3-11,18,21,23-24,29H,12-17,26H2,1-2H3,(H,27,30)/t23-,24+,25?,26-;21-,23-,24+/m00/s1. The zero-order valence-corrected chi connectivity index (χ0v) is 43.4. The first kappa shape index (κ1) is 54.8. The van der Waals surface area contributed by atoms with Crippen molar-refractivity contribution in [1.82, 2.24) is 34.6 Å². The maximum atomic E-state index is 13.6. The summed E-state index contributed by atoms with van der Waals surface area (Å²) in [6.07, 6.45) is 4.30. The van der Waals surface area contributed by atoms with Crippen molar-refractivity contribution in [2.75, 3.05) is 38.6 Å². The monoisotopic (exact) mass is 1020 g/mol. The molecular formula is C54H76F2N8O7S. The molecule has 0 spiro atoms. The van der Waals surface area contributed by atoms with Gasteiger partial charge in [0.15, 0.2) is 0 Å². The Morgan fingerprint density at radius 2 is 1.51 bits per heavy atom. The average molecular weight is 1020 g/mol. The third-order valence-corrected chi connectivity index (χ3v) is 16.5. The molecule has 8 rings (SSSR count). The minimum atomic E-state index is -3.90. The number of nitrogens with one attached hydrogen (secondary N) is 2. The van der Waals surface area contributed by atoms with E-state index in [1.54, 1.807) is 0 Å². The van der Waals surface area contributed by atoms with Gasteiger partial charge < -0.3 is 35.5 Å². The van der Waals surface area contributed by atoms with E-state index < -0.39 is 34.2 Å². The van der Waals surface area contributed by atoms with Crippen molar-refractivity contribution in [1.29, 1.82) is 0 Å². The summed E-state index contributed by atoms with van der Waals surface area (Å²) in [5.41, 5.74) is 8.14. The molecule has 3 aromatic carbocycles. The van der Waals surface area contributed by atoms with E-state index in [9.17, 15) is 31.9 Å². The lowest BCUT2D eigenvalue weighted by Crippen LogP contribution is -2.51. The number of rotatable bonds is 19. The summed E-state index contributed by atoms with van der Waals surface area (Å²) in [6, 6.07) is 26.0. The van der Waals surface area contributed by atoms with Gasteiger partial charge in [0.2, 0.25) is 21.9 Å². The Morgan fingerprint density at radius 1 is 0.875 bits per heavy atom. The first-order valence-corrected chi connectivity index (χ1v) is 27.3. The van der Waals surface area contributed by atoms with Gasteiger partial charge in [-0.1, -0.05) is 88.4 Å². The number of aliphatic hydroxyl groups excluding tert-OH is 1. The molecule has 1 aliphatic carbocycles. The van der Waals surface area contributed by atoms with Crippen LogP contribution in [0.3, 0.4) is 0 Å². The molecule has 4 aliphatic rings. The molecule has 1 saturated carbocycles. The largest absolute Gasteiger partial charge is 0.444 e. The second-order valence-electron chi connectivity index (χ2n) is 21.0. The molecule has 7 atom stereocenters. The number of nitrogens with zero attached hydrogens (tertiary/aromatic N) is 5. The van der Waals surface area contributed by atoms with Gasteiger partial charge in [-0.3, -0.25) is 9.69 Å². The fraction of sp³-hybridized carbons (Fsp3) is 0.593. The van der Waals surface area contributed by atoms with Gasteiger partial charge in [-0.05, 0) is 99.6 Å². The van der Waals surface area contributed by atoms with Crippen LogP contribution in [0.15, 0.2) is 89.8 Å². The number of benzene rings is 3. The van der Waals surface area contributed by atoms with Crippen LogP contribution in [0, 0.1) is 18.8 Å². The number of alkyl carbamates (subject to hydrolysis) is 1. The van der Waals surface area contributed by atoms with E-state index in [0.29, 0.717) is 55.8 Å². The smallest absolute Gasteiger partial charge is 0.407 e. The lowest BCUT2D eigenvalue weighted by Gasteiger charge is -2.40. The fourth-order valence-electron chi connectivity index (χ4n) is 10.8. The number of anilines is 1. The van der Waals surface area contributed by atoms with Gasteiger partial charge in [0.1, 0.15) is 17.8 Å². The first-order chi connectivity index (χ1) is 34.4. The number of aromatic nitrogens is 3. The van der Waals surface area contributed by atoms with E-state index in [2.05, 4.69) is 63.2 Å². The lowest BCUT2D eigenvalue weighted by molar-refractivity contribution is -0.130. The highest BCUT2D eigenvalue weighted by Gasteiger charge is 2.43. The van der Waals surface area contributed by atoms with Crippen LogP contribution in [0.25, 0.3) is 0 Å². The van der Waals surface area contributed by atoms with Gasteiger partial charge in [0.25, 0.3) is 0 Å². The van der Waals surface area contributed by atoms with Crippen LogP contribution in [0.1, 0.15) is 133 Å². The van der Waals surface area contributed by atoms with E-state index in [0.717, 1.165) is 48.6 Å². The molecule has 2 bridgehead atoms. The Morgan fingerprint density at radius 3 is 2.11 bits per heavy atom. The quantitative estimate of drug-likeness (QED) is 0.0660. The molecule has 1 aromatic heterocycles. The average Bonchev–Trinajstić information content (AvgIpc) is 4.07. The van der Waals surface area contributed by atoms with Gasteiger partial charge in [-0.2, -0.15) is 4.31 Å². The van der Waals surface area contributed by atoms with Gasteiger partial charge >= 0.3 is 6.09 Å². The highest BCUT2D eigenvalue weighted by molar-refractivity contribution is 7.89. The lowest BCUT2D eigenvalue weighted by atomic mass is 9.86. The number of hydrogen-bond acceptors (Lipinski definition) is 11. The van der Waals surface area contributed by atoms with Gasteiger partial charge in [-0.15, -0.1) is 10.2 Å². The molecule has 2 amide bonds. The van der Waals surface area contributed by atoms with E-state index in [4.69, 9.17) is 15.2 Å². The SMILES string of the molecule is CC(C)CN(C[C@@H](O)[C@H](Cc1ccccc1)NC(=O)O[C@H]1CCOC1)S(=O)(=O)c1ccc(N)cc1.Cc1nnc(C(C)C)n1C1C[C@H]2CC[C@@H](C1)N2CC[C@H](NC(=O)C1CCC(F)(F)CC1)c1ccccc1. The minimum absolute atomic E-state index is 0.0126. The van der Waals surface area contributed by atoms with Crippen LogP contribution >= 0.6 is 0 Å². The second-order valence-corrected chi connectivity index (χ2v) is 22.9. The predicted octanol–water partition coefficient (Wildman–Crippen LogP) is 8.35. The summed E-state index contributed by atoms with van der Waals surface area (Å²) in [7, 11) is -3.90. The third-order valence-electron chi connectivity index (χ3n) is 14.6. The van der Waals surface area contributed by atoms with Crippen LogP contribution < -0.4 is 16.4 Å². The molecule has 5 N–H and O–H groups in total. The number of halogens is 2. The van der Waals surface area contributed by atoms with Crippen molar-refractivity contribution in [3.05, 3.63) is 108 Å². The number of nitrogen functional groups attached to an aromatic ring is 1. The number of aliphatic hydroxyl groups is 1. The van der Waals surface area contributed by atoms with Crippen molar-refractivity contribution >= 4 is 27.7 Å². The Kier molecular flexibility index (Phi) is 18.9. The van der Waals surface area contributed by atoms with Gasteiger partial charge in [-0.25, -0.2) is 22.0 Å². The van der Waals surface area contributed by atoms with Crippen LogP contribution in [-0.2, 0) is 30.7 Å². The zero-order valence-electron chi connectivity index (χ0n) is 42.5. The number of carbonyl (C=O) groups is 2.